The number of carbonyl (C=O) groups is 6. The summed E-state index contributed by atoms with van der Waals surface area (Å²) in [5.41, 5.74) is 0.398. The molecule has 0 spiro atoms. The van der Waals surface area contributed by atoms with Gasteiger partial charge in [0.25, 0.3) is 0 Å². The van der Waals surface area contributed by atoms with Gasteiger partial charge in [-0.1, -0.05) is 36.4 Å². The molecule has 1 fully saturated rings. The zero-order chi connectivity index (χ0) is 31.5. The third-order valence-electron chi connectivity index (χ3n) is 6.28. The molecule has 1 aliphatic heterocycles. The molecular formula is C30H35NO12. The molecule has 0 radical (unpaired) electrons. The van der Waals surface area contributed by atoms with Crippen molar-refractivity contribution >= 4 is 46.3 Å². The Morgan fingerprint density at radius 2 is 1.47 bits per heavy atom. The molecule has 2 aromatic carbocycles. The number of benzene rings is 2. The Labute approximate surface area is 248 Å². The summed E-state index contributed by atoms with van der Waals surface area (Å²) in [6, 6.07) is 11.6. The van der Waals surface area contributed by atoms with Gasteiger partial charge in [-0.25, -0.2) is 0 Å². The summed E-state index contributed by atoms with van der Waals surface area (Å²) in [4.78, 5) is 72.0. The Kier molecular flexibility index (Phi) is 12.1. The normalized spacial score (nSPS) is 21.3. The Morgan fingerprint density at radius 3 is 2.12 bits per heavy atom. The number of esters is 4. The van der Waals surface area contributed by atoms with Crippen molar-refractivity contribution in [3.8, 4) is 0 Å². The molecule has 1 heterocycles. The van der Waals surface area contributed by atoms with E-state index in [1.165, 1.54) is 13.8 Å². The molecule has 0 saturated carbocycles. The van der Waals surface area contributed by atoms with E-state index < -0.39 is 66.8 Å². The number of ether oxygens (including phenoxy) is 6. The third-order valence-corrected chi connectivity index (χ3v) is 6.28. The summed E-state index contributed by atoms with van der Waals surface area (Å²) in [7, 11) is 0. The van der Waals surface area contributed by atoms with Crippen LogP contribution in [0, 0.1) is 0 Å². The number of ketones is 1. The highest BCUT2D eigenvalue weighted by Gasteiger charge is 2.51. The lowest BCUT2D eigenvalue weighted by Crippen LogP contribution is -2.66. The van der Waals surface area contributed by atoms with Crippen LogP contribution in [0.5, 0.6) is 0 Å². The second-order valence-electron chi connectivity index (χ2n) is 9.83. The predicted octanol–water partition coefficient (Wildman–Crippen LogP) is 2.02. The maximum atomic E-state index is 12.6. The van der Waals surface area contributed by atoms with Gasteiger partial charge < -0.3 is 33.7 Å². The summed E-state index contributed by atoms with van der Waals surface area (Å²) in [5, 5.41) is 4.45. The zero-order valence-corrected chi connectivity index (χ0v) is 24.4. The minimum absolute atomic E-state index is 0.0437. The fraction of sp³-hybridized carbons (Fsp3) is 0.467. The fourth-order valence-corrected chi connectivity index (χ4v) is 4.52. The van der Waals surface area contributed by atoms with Crippen LogP contribution in [0.3, 0.4) is 0 Å². The van der Waals surface area contributed by atoms with Crippen LogP contribution in [0.15, 0.2) is 42.5 Å². The molecule has 3 rings (SSSR count). The minimum Gasteiger partial charge on any atom is -0.465 e. The maximum Gasteiger partial charge on any atom is 0.313 e. The van der Waals surface area contributed by atoms with Gasteiger partial charge in [0.05, 0.1) is 13.2 Å². The number of fused-ring (bicyclic) bond motifs is 1. The Hall–Kier alpha value is -4.36. The van der Waals surface area contributed by atoms with Crippen molar-refractivity contribution in [2.45, 2.75) is 71.2 Å². The number of hydrogen-bond donors (Lipinski definition) is 1. The van der Waals surface area contributed by atoms with Gasteiger partial charge in [0.1, 0.15) is 25.2 Å². The number of nitrogens with one attached hydrogen (secondary N) is 1. The van der Waals surface area contributed by atoms with Crippen molar-refractivity contribution in [3.63, 3.8) is 0 Å². The first-order valence-electron chi connectivity index (χ1n) is 13.6. The first kappa shape index (κ1) is 33.1. The van der Waals surface area contributed by atoms with Crippen LogP contribution in [0.1, 0.15) is 50.9 Å². The third kappa shape index (κ3) is 10.1. The van der Waals surface area contributed by atoms with Crippen molar-refractivity contribution in [1.82, 2.24) is 5.32 Å². The van der Waals surface area contributed by atoms with Crippen molar-refractivity contribution in [2.24, 2.45) is 0 Å². The number of hydrogen-bond acceptors (Lipinski definition) is 12. The Morgan fingerprint density at radius 1 is 0.791 bits per heavy atom. The number of amides is 1. The van der Waals surface area contributed by atoms with Crippen LogP contribution >= 0.6 is 0 Å². The van der Waals surface area contributed by atoms with E-state index >= 15 is 0 Å². The zero-order valence-electron chi connectivity index (χ0n) is 24.4. The van der Waals surface area contributed by atoms with Gasteiger partial charge in [-0.2, -0.15) is 0 Å². The van der Waals surface area contributed by atoms with E-state index in [0.717, 1.165) is 24.6 Å². The SMILES string of the molecule is CC(=O)N[C@H]1[C@H](OCCCOC(=O)CC(=O)c2ccc3ccccc3c2)O[C@H](COC(C)=O)[C@@H](OC(C)=O)[C@@H]1OC(C)=O. The van der Waals surface area contributed by atoms with Crippen LogP contribution in [0.2, 0.25) is 0 Å². The highest BCUT2D eigenvalue weighted by molar-refractivity contribution is 6.07. The smallest absolute Gasteiger partial charge is 0.313 e. The molecular weight excluding hydrogens is 566 g/mol. The van der Waals surface area contributed by atoms with Crippen LogP contribution in [-0.4, -0.2) is 86.0 Å². The molecule has 1 aliphatic rings. The van der Waals surface area contributed by atoms with E-state index in [-0.39, 0.29) is 32.0 Å². The lowest BCUT2D eigenvalue weighted by molar-refractivity contribution is -0.278. The van der Waals surface area contributed by atoms with E-state index in [1.807, 2.05) is 30.3 Å². The highest BCUT2D eigenvalue weighted by Crippen LogP contribution is 2.28. The monoisotopic (exact) mass is 601 g/mol. The average molecular weight is 602 g/mol. The fourth-order valence-electron chi connectivity index (χ4n) is 4.52. The largest absolute Gasteiger partial charge is 0.465 e. The van der Waals surface area contributed by atoms with Crippen LogP contribution in [-0.2, 0) is 52.4 Å². The van der Waals surface area contributed by atoms with Gasteiger partial charge >= 0.3 is 23.9 Å². The molecule has 1 amide bonds. The van der Waals surface area contributed by atoms with E-state index in [4.69, 9.17) is 28.4 Å². The van der Waals surface area contributed by atoms with Crippen molar-refractivity contribution < 1.29 is 57.2 Å². The van der Waals surface area contributed by atoms with Crippen LogP contribution in [0.25, 0.3) is 10.8 Å². The van der Waals surface area contributed by atoms with Crippen molar-refractivity contribution in [2.75, 3.05) is 19.8 Å². The summed E-state index contributed by atoms with van der Waals surface area (Å²) in [6.07, 6.45) is -5.07. The molecule has 1 N–H and O–H groups in total. The van der Waals surface area contributed by atoms with Gasteiger partial charge in [-0.3, -0.25) is 28.8 Å². The van der Waals surface area contributed by atoms with E-state index in [9.17, 15) is 28.8 Å². The Bertz CT molecular complexity index is 1340. The first-order chi connectivity index (χ1) is 20.4. The van der Waals surface area contributed by atoms with Gasteiger partial charge in [0.15, 0.2) is 24.3 Å². The van der Waals surface area contributed by atoms with E-state index in [1.54, 1.807) is 12.1 Å². The second-order valence-corrected chi connectivity index (χ2v) is 9.83. The van der Waals surface area contributed by atoms with Crippen molar-refractivity contribution in [3.05, 3.63) is 48.0 Å². The molecule has 0 aliphatic carbocycles. The average Bonchev–Trinajstić information content (AvgIpc) is 2.93. The lowest BCUT2D eigenvalue weighted by atomic mass is 9.96. The maximum absolute atomic E-state index is 12.6. The van der Waals surface area contributed by atoms with Crippen LogP contribution in [0.4, 0.5) is 0 Å². The minimum atomic E-state index is -1.25. The molecule has 0 bridgehead atoms. The number of carbonyl (C=O) groups excluding carboxylic acids is 6. The molecule has 13 nitrogen and oxygen atoms in total. The standard InChI is InChI=1S/C30H35NO12/c1-17(32)31-27-29(42-20(4)35)28(41-19(3)34)25(16-40-18(2)33)43-30(27)39-13-7-12-38-26(37)15-24(36)23-11-10-21-8-5-6-9-22(21)14-23/h5-6,8-11,14,25,27-30H,7,12-13,15-16H2,1-4H3,(H,31,32)/t25-,27-,28-,29-,30-/m1/s1. The summed E-state index contributed by atoms with van der Waals surface area (Å²) < 4.78 is 32.7. The van der Waals surface area contributed by atoms with E-state index in [2.05, 4.69) is 5.32 Å². The topological polar surface area (TPSA) is 170 Å². The van der Waals surface area contributed by atoms with Gasteiger partial charge in [-0.15, -0.1) is 0 Å². The lowest BCUT2D eigenvalue weighted by Gasteiger charge is -2.44. The quantitative estimate of drug-likeness (QED) is 0.117. The number of rotatable bonds is 13. The molecule has 0 unspecified atom stereocenters. The summed E-state index contributed by atoms with van der Waals surface area (Å²) >= 11 is 0. The Balaban J connectivity index is 1.59. The molecule has 2 aromatic rings. The predicted molar refractivity (Wildman–Crippen MR) is 148 cm³/mol. The molecule has 43 heavy (non-hydrogen) atoms. The van der Waals surface area contributed by atoms with Crippen molar-refractivity contribution in [1.29, 1.82) is 0 Å². The molecule has 5 atom stereocenters. The van der Waals surface area contributed by atoms with Crippen LogP contribution < -0.4 is 5.32 Å². The highest BCUT2D eigenvalue weighted by atomic mass is 16.7. The summed E-state index contributed by atoms with van der Waals surface area (Å²) in [6.45, 7) is 4.20. The molecule has 232 valence electrons. The van der Waals surface area contributed by atoms with Gasteiger partial charge in [0.2, 0.25) is 5.91 Å². The number of Topliss-reactive ketones (excluding diaryl/α,β-unsaturated/α-hetero) is 1. The molecule has 0 aromatic heterocycles. The second kappa shape index (κ2) is 15.8. The van der Waals surface area contributed by atoms with Gasteiger partial charge in [-0.05, 0) is 16.8 Å². The first-order valence-corrected chi connectivity index (χ1v) is 13.6. The van der Waals surface area contributed by atoms with Gasteiger partial charge in [0, 0.05) is 39.7 Å². The van der Waals surface area contributed by atoms with E-state index in [0.29, 0.717) is 5.56 Å². The summed E-state index contributed by atoms with van der Waals surface area (Å²) in [5.74, 6) is -3.67. The molecule has 13 heteroatoms. The molecule has 1 saturated heterocycles.